The highest BCUT2D eigenvalue weighted by Crippen LogP contribution is 2.24. The molecule has 0 amide bonds. The Morgan fingerprint density at radius 3 is 2.62 bits per heavy atom. The third-order valence-electron chi connectivity index (χ3n) is 3.92. The molecule has 1 aromatic carbocycles. The van der Waals surface area contributed by atoms with Crippen LogP contribution in [0.25, 0.3) is 0 Å². The van der Waals surface area contributed by atoms with Crippen molar-refractivity contribution in [3.05, 3.63) is 29.8 Å². The SMILES string of the molecule is CCCOC(=O)c1ccc(NC2CCCCC2OC)cc1. The van der Waals surface area contributed by atoms with Crippen molar-refractivity contribution in [2.75, 3.05) is 19.0 Å². The summed E-state index contributed by atoms with van der Waals surface area (Å²) in [6.07, 6.45) is 5.81. The van der Waals surface area contributed by atoms with Gasteiger partial charge in [-0.25, -0.2) is 4.79 Å². The van der Waals surface area contributed by atoms with Crippen LogP contribution >= 0.6 is 0 Å². The summed E-state index contributed by atoms with van der Waals surface area (Å²) in [5.74, 6) is -0.254. The number of benzene rings is 1. The molecule has 2 atom stereocenters. The van der Waals surface area contributed by atoms with E-state index in [2.05, 4.69) is 5.32 Å². The van der Waals surface area contributed by atoms with E-state index in [0.717, 1.165) is 24.9 Å². The van der Waals surface area contributed by atoms with E-state index in [1.165, 1.54) is 12.8 Å². The molecule has 0 aromatic heterocycles. The average molecular weight is 291 g/mol. The van der Waals surface area contributed by atoms with E-state index in [1.807, 2.05) is 31.2 Å². The Kier molecular flexibility index (Phi) is 6.05. The lowest BCUT2D eigenvalue weighted by Crippen LogP contribution is -2.37. The highest BCUT2D eigenvalue weighted by molar-refractivity contribution is 5.89. The van der Waals surface area contributed by atoms with Gasteiger partial charge in [-0.1, -0.05) is 19.8 Å². The highest BCUT2D eigenvalue weighted by Gasteiger charge is 2.24. The van der Waals surface area contributed by atoms with Crippen molar-refractivity contribution in [1.82, 2.24) is 0 Å². The van der Waals surface area contributed by atoms with Crippen LogP contribution in [0.5, 0.6) is 0 Å². The van der Waals surface area contributed by atoms with Crippen LogP contribution in [0.4, 0.5) is 5.69 Å². The molecule has 0 radical (unpaired) electrons. The molecule has 116 valence electrons. The van der Waals surface area contributed by atoms with Gasteiger partial charge < -0.3 is 14.8 Å². The summed E-state index contributed by atoms with van der Waals surface area (Å²) in [6, 6.07) is 7.84. The van der Waals surface area contributed by atoms with Crippen molar-refractivity contribution in [1.29, 1.82) is 0 Å². The Labute approximate surface area is 126 Å². The van der Waals surface area contributed by atoms with Crippen LogP contribution in [0, 0.1) is 0 Å². The molecule has 2 unspecified atom stereocenters. The topological polar surface area (TPSA) is 47.6 Å². The molecule has 1 aliphatic rings. The highest BCUT2D eigenvalue weighted by atomic mass is 16.5. The van der Waals surface area contributed by atoms with Crippen LogP contribution in [-0.2, 0) is 9.47 Å². The zero-order valence-electron chi connectivity index (χ0n) is 12.9. The van der Waals surface area contributed by atoms with E-state index < -0.39 is 0 Å². The van der Waals surface area contributed by atoms with Crippen LogP contribution in [0.15, 0.2) is 24.3 Å². The molecular weight excluding hydrogens is 266 g/mol. The van der Waals surface area contributed by atoms with Crippen LogP contribution in [0.2, 0.25) is 0 Å². The fourth-order valence-corrected chi connectivity index (χ4v) is 2.74. The molecule has 1 saturated carbocycles. The van der Waals surface area contributed by atoms with Crippen molar-refractivity contribution in [2.45, 2.75) is 51.2 Å². The van der Waals surface area contributed by atoms with Crippen molar-refractivity contribution in [3.8, 4) is 0 Å². The Hall–Kier alpha value is -1.55. The maximum Gasteiger partial charge on any atom is 0.338 e. The van der Waals surface area contributed by atoms with Crippen molar-refractivity contribution < 1.29 is 14.3 Å². The van der Waals surface area contributed by atoms with E-state index in [4.69, 9.17) is 9.47 Å². The summed E-state index contributed by atoms with van der Waals surface area (Å²) in [4.78, 5) is 11.7. The summed E-state index contributed by atoms with van der Waals surface area (Å²) in [7, 11) is 1.78. The normalized spacial score (nSPS) is 21.8. The molecule has 1 N–H and O–H groups in total. The minimum absolute atomic E-state index is 0.254. The molecule has 1 fully saturated rings. The van der Waals surface area contributed by atoms with Crippen LogP contribution in [0.3, 0.4) is 0 Å². The standard InChI is InChI=1S/C17H25NO3/c1-3-12-21-17(19)13-8-10-14(11-9-13)18-15-6-4-5-7-16(15)20-2/h8-11,15-16,18H,3-7,12H2,1-2H3. The van der Waals surface area contributed by atoms with Crippen LogP contribution < -0.4 is 5.32 Å². The quantitative estimate of drug-likeness (QED) is 0.813. The third kappa shape index (κ3) is 4.46. The number of hydrogen-bond donors (Lipinski definition) is 1. The fourth-order valence-electron chi connectivity index (χ4n) is 2.74. The lowest BCUT2D eigenvalue weighted by molar-refractivity contribution is 0.0505. The molecule has 0 bridgehead atoms. The van der Waals surface area contributed by atoms with Gasteiger partial charge in [0.2, 0.25) is 0 Å². The number of methoxy groups -OCH3 is 1. The number of esters is 1. The summed E-state index contributed by atoms with van der Waals surface area (Å²) in [5, 5.41) is 3.51. The van der Waals surface area contributed by atoms with Gasteiger partial charge in [0.15, 0.2) is 0 Å². The molecular formula is C17H25NO3. The Morgan fingerprint density at radius 2 is 1.95 bits per heavy atom. The largest absolute Gasteiger partial charge is 0.462 e. The fraction of sp³-hybridized carbons (Fsp3) is 0.588. The van der Waals surface area contributed by atoms with Crippen molar-refractivity contribution in [3.63, 3.8) is 0 Å². The number of rotatable bonds is 6. The first-order chi connectivity index (χ1) is 10.2. The summed E-state index contributed by atoms with van der Waals surface area (Å²) in [5.41, 5.74) is 1.62. The van der Waals surface area contributed by atoms with E-state index in [1.54, 1.807) is 7.11 Å². The van der Waals surface area contributed by atoms with Gasteiger partial charge in [-0.3, -0.25) is 0 Å². The van der Waals surface area contributed by atoms with Crippen molar-refractivity contribution >= 4 is 11.7 Å². The first-order valence-corrected chi connectivity index (χ1v) is 7.81. The zero-order valence-corrected chi connectivity index (χ0v) is 12.9. The number of carbonyl (C=O) groups is 1. The zero-order chi connectivity index (χ0) is 15.1. The molecule has 0 aliphatic heterocycles. The van der Waals surface area contributed by atoms with E-state index in [0.29, 0.717) is 18.2 Å². The number of nitrogens with one attached hydrogen (secondary N) is 1. The molecule has 1 aromatic rings. The predicted molar refractivity (Wildman–Crippen MR) is 83.7 cm³/mol. The molecule has 4 nitrogen and oxygen atoms in total. The van der Waals surface area contributed by atoms with Crippen LogP contribution in [-0.4, -0.2) is 31.8 Å². The second kappa shape index (κ2) is 8.03. The number of ether oxygens (including phenoxy) is 2. The molecule has 21 heavy (non-hydrogen) atoms. The first kappa shape index (κ1) is 15.8. The average Bonchev–Trinajstić information content (AvgIpc) is 2.54. The lowest BCUT2D eigenvalue weighted by atomic mass is 9.92. The van der Waals surface area contributed by atoms with Gasteiger partial charge in [-0.2, -0.15) is 0 Å². The summed E-state index contributed by atoms with van der Waals surface area (Å²) >= 11 is 0. The van der Waals surface area contributed by atoms with E-state index in [-0.39, 0.29) is 12.1 Å². The summed E-state index contributed by atoms with van der Waals surface area (Å²) in [6.45, 7) is 2.45. The van der Waals surface area contributed by atoms with Gasteiger partial charge in [0.05, 0.1) is 24.3 Å². The maximum atomic E-state index is 11.7. The third-order valence-corrected chi connectivity index (χ3v) is 3.92. The first-order valence-electron chi connectivity index (χ1n) is 7.81. The van der Waals surface area contributed by atoms with Gasteiger partial charge in [-0.15, -0.1) is 0 Å². The van der Waals surface area contributed by atoms with Gasteiger partial charge in [0.1, 0.15) is 0 Å². The van der Waals surface area contributed by atoms with Gasteiger partial charge in [-0.05, 0) is 43.5 Å². The lowest BCUT2D eigenvalue weighted by Gasteiger charge is -2.31. The van der Waals surface area contributed by atoms with E-state index >= 15 is 0 Å². The van der Waals surface area contributed by atoms with Crippen molar-refractivity contribution in [2.24, 2.45) is 0 Å². The maximum absolute atomic E-state index is 11.7. The molecule has 2 rings (SSSR count). The summed E-state index contributed by atoms with van der Waals surface area (Å²) < 4.78 is 10.7. The minimum Gasteiger partial charge on any atom is -0.462 e. The predicted octanol–water partition coefficient (Wildman–Crippen LogP) is 3.62. The Bertz CT molecular complexity index is 444. The number of anilines is 1. The van der Waals surface area contributed by atoms with Gasteiger partial charge >= 0.3 is 5.97 Å². The Morgan fingerprint density at radius 1 is 1.24 bits per heavy atom. The molecule has 4 heteroatoms. The number of carbonyl (C=O) groups excluding carboxylic acids is 1. The second-order valence-corrected chi connectivity index (χ2v) is 5.52. The molecule has 1 aliphatic carbocycles. The molecule has 0 saturated heterocycles. The van der Waals surface area contributed by atoms with Gasteiger partial charge in [0.25, 0.3) is 0 Å². The number of hydrogen-bond acceptors (Lipinski definition) is 4. The molecule has 0 spiro atoms. The smallest absolute Gasteiger partial charge is 0.338 e. The minimum atomic E-state index is -0.254. The van der Waals surface area contributed by atoms with E-state index in [9.17, 15) is 4.79 Å². The Balaban J connectivity index is 1.94. The van der Waals surface area contributed by atoms with Gasteiger partial charge in [0, 0.05) is 12.8 Å². The monoisotopic (exact) mass is 291 g/mol. The second-order valence-electron chi connectivity index (χ2n) is 5.52. The molecule has 0 heterocycles. The van der Waals surface area contributed by atoms with Crippen LogP contribution in [0.1, 0.15) is 49.4 Å².